The smallest absolute Gasteiger partial charge is 0.320 e. The highest BCUT2D eigenvalue weighted by Crippen LogP contribution is 2.24. The van der Waals surface area contributed by atoms with Crippen LogP contribution in [0.3, 0.4) is 0 Å². The van der Waals surface area contributed by atoms with Crippen LogP contribution in [0, 0.1) is 0 Å². The molecule has 0 aromatic rings. The standard InChI is InChI=1S/C15H28N2O2/c1-2-16-11-8-13(9-12-16)17-10-6-4-3-5-7-14(17)15(18)19/h13-14H,2-12H2,1H3,(H,18,19). The van der Waals surface area contributed by atoms with E-state index in [9.17, 15) is 9.90 Å². The van der Waals surface area contributed by atoms with Crippen LogP contribution in [0.5, 0.6) is 0 Å². The Labute approximate surface area is 116 Å². The van der Waals surface area contributed by atoms with Gasteiger partial charge in [-0.25, -0.2) is 0 Å². The van der Waals surface area contributed by atoms with Crippen LogP contribution in [0.4, 0.5) is 0 Å². The number of nitrogens with zero attached hydrogens (tertiary/aromatic N) is 2. The van der Waals surface area contributed by atoms with Crippen molar-refractivity contribution in [3.8, 4) is 0 Å². The van der Waals surface area contributed by atoms with Gasteiger partial charge in [0.05, 0.1) is 0 Å². The first kappa shape index (κ1) is 14.8. The lowest BCUT2D eigenvalue weighted by Gasteiger charge is -2.41. The predicted octanol–water partition coefficient (Wildman–Crippen LogP) is 2.19. The fourth-order valence-corrected chi connectivity index (χ4v) is 3.58. The number of likely N-dealkylation sites (tertiary alicyclic amines) is 2. The van der Waals surface area contributed by atoms with Crippen molar-refractivity contribution in [3.63, 3.8) is 0 Å². The van der Waals surface area contributed by atoms with Crippen molar-refractivity contribution >= 4 is 5.97 Å². The van der Waals surface area contributed by atoms with E-state index in [1.165, 1.54) is 12.8 Å². The summed E-state index contributed by atoms with van der Waals surface area (Å²) < 4.78 is 0. The summed E-state index contributed by atoms with van der Waals surface area (Å²) in [7, 11) is 0. The fourth-order valence-electron chi connectivity index (χ4n) is 3.58. The second-order valence-electron chi connectivity index (χ2n) is 5.96. The molecule has 0 aliphatic carbocycles. The number of piperidine rings is 1. The number of carbonyl (C=O) groups is 1. The van der Waals surface area contributed by atoms with Crippen LogP contribution in [-0.4, -0.2) is 59.1 Å². The van der Waals surface area contributed by atoms with Crippen LogP contribution in [0.2, 0.25) is 0 Å². The number of rotatable bonds is 3. The van der Waals surface area contributed by atoms with Crippen molar-refractivity contribution in [2.24, 2.45) is 0 Å². The first-order valence-electron chi connectivity index (χ1n) is 7.93. The molecule has 0 saturated carbocycles. The van der Waals surface area contributed by atoms with Crippen LogP contribution in [0.25, 0.3) is 0 Å². The zero-order chi connectivity index (χ0) is 13.7. The Bertz CT molecular complexity index is 288. The highest BCUT2D eigenvalue weighted by molar-refractivity contribution is 5.73. The minimum atomic E-state index is -0.611. The summed E-state index contributed by atoms with van der Waals surface area (Å²) in [4.78, 5) is 16.3. The van der Waals surface area contributed by atoms with Crippen LogP contribution >= 0.6 is 0 Å². The third-order valence-electron chi connectivity index (χ3n) is 4.80. The second kappa shape index (κ2) is 7.25. The molecule has 2 rings (SSSR count). The SMILES string of the molecule is CCN1CCC(N2CCCCCCC2C(=O)O)CC1. The summed E-state index contributed by atoms with van der Waals surface area (Å²) in [6, 6.07) is 0.250. The van der Waals surface area contributed by atoms with Crippen molar-refractivity contribution in [1.29, 1.82) is 0 Å². The molecule has 1 atom stereocenters. The summed E-state index contributed by atoms with van der Waals surface area (Å²) in [5.74, 6) is -0.611. The molecule has 19 heavy (non-hydrogen) atoms. The summed E-state index contributed by atoms with van der Waals surface area (Å²) >= 11 is 0. The van der Waals surface area contributed by atoms with Gasteiger partial charge in [0.25, 0.3) is 0 Å². The molecule has 0 aromatic carbocycles. The van der Waals surface area contributed by atoms with E-state index in [1.807, 2.05) is 0 Å². The third kappa shape index (κ3) is 3.93. The average molecular weight is 268 g/mol. The normalized spacial score (nSPS) is 28.8. The lowest BCUT2D eigenvalue weighted by molar-refractivity contribution is -0.145. The molecular weight excluding hydrogens is 240 g/mol. The van der Waals surface area contributed by atoms with Gasteiger partial charge in [-0.2, -0.15) is 0 Å². The van der Waals surface area contributed by atoms with Gasteiger partial charge in [0.2, 0.25) is 0 Å². The molecule has 4 heteroatoms. The summed E-state index contributed by atoms with van der Waals surface area (Å²) in [6.45, 7) is 6.56. The molecule has 0 radical (unpaired) electrons. The molecular formula is C15H28N2O2. The molecule has 0 aromatic heterocycles. The minimum absolute atomic E-state index is 0.238. The Hall–Kier alpha value is -0.610. The number of hydrogen-bond donors (Lipinski definition) is 1. The van der Waals surface area contributed by atoms with Gasteiger partial charge in [-0.3, -0.25) is 9.69 Å². The van der Waals surface area contributed by atoms with Gasteiger partial charge in [-0.05, 0) is 51.9 Å². The van der Waals surface area contributed by atoms with Crippen LogP contribution < -0.4 is 0 Å². The van der Waals surface area contributed by atoms with Crippen molar-refractivity contribution in [3.05, 3.63) is 0 Å². The van der Waals surface area contributed by atoms with E-state index in [4.69, 9.17) is 0 Å². The Morgan fingerprint density at radius 1 is 1.05 bits per heavy atom. The maximum Gasteiger partial charge on any atom is 0.320 e. The maximum atomic E-state index is 11.5. The van der Waals surface area contributed by atoms with Crippen LogP contribution in [0.1, 0.15) is 51.9 Å². The van der Waals surface area contributed by atoms with Gasteiger partial charge in [-0.1, -0.05) is 26.2 Å². The highest BCUT2D eigenvalue weighted by atomic mass is 16.4. The van der Waals surface area contributed by atoms with Gasteiger partial charge < -0.3 is 10.0 Å². The zero-order valence-electron chi connectivity index (χ0n) is 12.2. The molecule has 4 nitrogen and oxygen atoms in total. The summed E-state index contributed by atoms with van der Waals surface area (Å²) in [6.07, 6.45) is 7.81. The lowest BCUT2D eigenvalue weighted by Crippen LogP contribution is -2.52. The van der Waals surface area contributed by atoms with Gasteiger partial charge in [0.15, 0.2) is 0 Å². The first-order chi connectivity index (χ1) is 9.22. The van der Waals surface area contributed by atoms with Crippen molar-refractivity contribution in [2.75, 3.05) is 26.2 Å². The molecule has 2 saturated heterocycles. The molecule has 2 aliphatic rings. The molecule has 2 aliphatic heterocycles. The third-order valence-corrected chi connectivity index (χ3v) is 4.80. The number of carboxylic acids is 1. The molecule has 2 heterocycles. The second-order valence-corrected chi connectivity index (χ2v) is 5.96. The van der Waals surface area contributed by atoms with Crippen molar-refractivity contribution in [2.45, 2.75) is 64.0 Å². The fraction of sp³-hybridized carbons (Fsp3) is 0.933. The minimum Gasteiger partial charge on any atom is -0.480 e. The Balaban J connectivity index is 1.98. The van der Waals surface area contributed by atoms with Gasteiger partial charge >= 0.3 is 5.97 Å². The average Bonchev–Trinajstić information content (AvgIpc) is 2.38. The molecule has 0 amide bonds. The number of carboxylic acid groups (broad SMARTS) is 1. The van der Waals surface area contributed by atoms with E-state index in [1.54, 1.807) is 0 Å². The topological polar surface area (TPSA) is 43.8 Å². The first-order valence-corrected chi connectivity index (χ1v) is 7.93. The Kier molecular flexibility index (Phi) is 5.64. The molecule has 1 unspecified atom stereocenters. The molecule has 0 bridgehead atoms. The van der Waals surface area contributed by atoms with Gasteiger partial charge in [0, 0.05) is 6.04 Å². The van der Waals surface area contributed by atoms with E-state index in [2.05, 4.69) is 16.7 Å². The van der Waals surface area contributed by atoms with Crippen LogP contribution in [0.15, 0.2) is 0 Å². The van der Waals surface area contributed by atoms with Crippen molar-refractivity contribution in [1.82, 2.24) is 9.80 Å². The summed E-state index contributed by atoms with van der Waals surface area (Å²) in [5.41, 5.74) is 0. The predicted molar refractivity (Wildman–Crippen MR) is 76.4 cm³/mol. The highest BCUT2D eigenvalue weighted by Gasteiger charge is 2.33. The van der Waals surface area contributed by atoms with E-state index >= 15 is 0 Å². The zero-order valence-corrected chi connectivity index (χ0v) is 12.2. The lowest BCUT2D eigenvalue weighted by atomic mass is 9.96. The van der Waals surface area contributed by atoms with E-state index in [0.29, 0.717) is 6.04 Å². The number of aliphatic carboxylic acids is 1. The molecule has 110 valence electrons. The quantitative estimate of drug-likeness (QED) is 0.852. The van der Waals surface area contributed by atoms with Gasteiger partial charge in [0.1, 0.15) is 6.04 Å². The van der Waals surface area contributed by atoms with Crippen molar-refractivity contribution < 1.29 is 9.90 Å². The molecule has 1 N–H and O–H groups in total. The van der Waals surface area contributed by atoms with E-state index in [-0.39, 0.29) is 6.04 Å². The maximum absolute atomic E-state index is 11.5. The van der Waals surface area contributed by atoms with Crippen LogP contribution in [-0.2, 0) is 4.79 Å². The molecule has 0 spiro atoms. The molecule has 2 fully saturated rings. The Morgan fingerprint density at radius 3 is 2.37 bits per heavy atom. The number of hydrogen-bond acceptors (Lipinski definition) is 3. The summed E-state index contributed by atoms with van der Waals surface area (Å²) in [5, 5.41) is 9.50. The largest absolute Gasteiger partial charge is 0.480 e. The van der Waals surface area contributed by atoms with Gasteiger partial charge in [-0.15, -0.1) is 0 Å². The van der Waals surface area contributed by atoms with E-state index in [0.717, 1.165) is 58.3 Å². The Morgan fingerprint density at radius 2 is 1.74 bits per heavy atom. The van der Waals surface area contributed by atoms with E-state index < -0.39 is 5.97 Å². The monoisotopic (exact) mass is 268 g/mol.